The molecule has 3 heteroatoms. The van der Waals surface area contributed by atoms with E-state index in [0.29, 0.717) is 0 Å². The maximum atomic E-state index is 9.52. The van der Waals surface area contributed by atoms with Crippen molar-refractivity contribution in [3.8, 4) is 6.07 Å². The molecule has 2 heterocycles. The highest BCUT2D eigenvalue weighted by Crippen LogP contribution is 2.36. The fourth-order valence-electron chi connectivity index (χ4n) is 3.30. The summed E-state index contributed by atoms with van der Waals surface area (Å²) in [7, 11) is 0. The van der Waals surface area contributed by atoms with Gasteiger partial charge in [0.25, 0.3) is 0 Å². The number of nitriles is 1. The predicted molar refractivity (Wildman–Crippen MR) is 79.0 cm³/mol. The Morgan fingerprint density at radius 2 is 2.20 bits per heavy atom. The van der Waals surface area contributed by atoms with Gasteiger partial charge in [-0.1, -0.05) is 32.0 Å². The van der Waals surface area contributed by atoms with Crippen LogP contribution in [0.25, 0.3) is 11.0 Å². The first kappa shape index (κ1) is 13.2. The molecule has 0 spiro atoms. The zero-order valence-corrected chi connectivity index (χ0v) is 12.1. The first-order valence-corrected chi connectivity index (χ1v) is 7.20. The molecule has 0 saturated carbocycles. The average Bonchev–Trinajstić information content (AvgIpc) is 2.82. The van der Waals surface area contributed by atoms with Gasteiger partial charge in [-0.3, -0.25) is 4.90 Å². The van der Waals surface area contributed by atoms with Crippen molar-refractivity contribution in [2.24, 2.45) is 5.41 Å². The quantitative estimate of drug-likeness (QED) is 0.828. The first-order chi connectivity index (χ1) is 9.62. The molecule has 1 aliphatic heterocycles. The zero-order chi connectivity index (χ0) is 14.2. The molecule has 0 unspecified atom stereocenters. The number of para-hydroxylation sites is 1. The highest BCUT2D eigenvalue weighted by atomic mass is 16.3. The summed E-state index contributed by atoms with van der Waals surface area (Å²) >= 11 is 0. The molecule has 0 bridgehead atoms. The molecule has 2 aromatic rings. The van der Waals surface area contributed by atoms with Crippen molar-refractivity contribution in [3.05, 3.63) is 36.1 Å². The van der Waals surface area contributed by atoms with E-state index in [1.807, 2.05) is 24.5 Å². The SMILES string of the molecule is CC1(C)CCCN(Cc2coc3ccccc23)[C@H]1C#N. The van der Waals surface area contributed by atoms with Crippen LogP contribution in [0.3, 0.4) is 0 Å². The summed E-state index contributed by atoms with van der Waals surface area (Å²) < 4.78 is 5.60. The van der Waals surface area contributed by atoms with Gasteiger partial charge in [0.15, 0.2) is 0 Å². The van der Waals surface area contributed by atoms with Crippen molar-refractivity contribution >= 4 is 11.0 Å². The van der Waals surface area contributed by atoms with Gasteiger partial charge in [-0.15, -0.1) is 0 Å². The van der Waals surface area contributed by atoms with E-state index < -0.39 is 0 Å². The third-order valence-electron chi connectivity index (χ3n) is 4.43. The van der Waals surface area contributed by atoms with Gasteiger partial charge in [0.05, 0.1) is 12.3 Å². The molecule has 1 aromatic carbocycles. The van der Waals surface area contributed by atoms with Crippen LogP contribution in [0.2, 0.25) is 0 Å². The molecule has 0 aliphatic carbocycles. The van der Waals surface area contributed by atoms with Gasteiger partial charge in [0.1, 0.15) is 11.6 Å². The van der Waals surface area contributed by atoms with Gasteiger partial charge in [0, 0.05) is 17.5 Å². The second kappa shape index (κ2) is 4.96. The van der Waals surface area contributed by atoms with Crippen LogP contribution in [-0.2, 0) is 6.54 Å². The smallest absolute Gasteiger partial charge is 0.134 e. The van der Waals surface area contributed by atoms with Gasteiger partial charge in [0.2, 0.25) is 0 Å². The Morgan fingerprint density at radius 1 is 1.40 bits per heavy atom. The molecular formula is C17H20N2O. The number of rotatable bonds is 2. The topological polar surface area (TPSA) is 40.2 Å². The normalized spacial score (nSPS) is 22.8. The van der Waals surface area contributed by atoms with Crippen molar-refractivity contribution in [3.63, 3.8) is 0 Å². The average molecular weight is 268 g/mol. The molecule has 0 amide bonds. The lowest BCUT2D eigenvalue weighted by atomic mass is 9.77. The lowest BCUT2D eigenvalue weighted by Gasteiger charge is -2.42. The molecular weight excluding hydrogens is 248 g/mol. The minimum atomic E-state index is -0.0232. The lowest BCUT2D eigenvalue weighted by molar-refractivity contribution is 0.0663. The van der Waals surface area contributed by atoms with Crippen molar-refractivity contribution in [2.45, 2.75) is 39.3 Å². The Morgan fingerprint density at radius 3 is 3.00 bits per heavy atom. The van der Waals surface area contributed by atoms with Crippen LogP contribution in [0.4, 0.5) is 0 Å². The Hall–Kier alpha value is -1.79. The Bertz CT molecular complexity index is 650. The minimum absolute atomic E-state index is 0.0232. The number of hydrogen-bond donors (Lipinski definition) is 0. The van der Waals surface area contributed by atoms with E-state index >= 15 is 0 Å². The molecule has 1 fully saturated rings. The van der Waals surface area contributed by atoms with E-state index in [-0.39, 0.29) is 11.5 Å². The van der Waals surface area contributed by atoms with Crippen LogP contribution < -0.4 is 0 Å². The number of piperidine rings is 1. The molecule has 1 saturated heterocycles. The fourth-order valence-corrected chi connectivity index (χ4v) is 3.30. The van der Waals surface area contributed by atoms with Gasteiger partial charge >= 0.3 is 0 Å². The van der Waals surface area contributed by atoms with Crippen molar-refractivity contribution < 1.29 is 4.42 Å². The molecule has 3 rings (SSSR count). The molecule has 0 radical (unpaired) electrons. The number of hydrogen-bond acceptors (Lipinski definition) is 3. The second-order valence-corrected chi connectivity index (χ2v) is 6.35. The van der Waals surface area contributed by atoms with Crippen molar-refractivity contribution in [2.75, 3.05) is 6.54 Å². The summed E-state index contributed by atoms with van der Waals surface area (Å²) in [5.41, 5.74) is 2.16. The van der Waals surface area contributed by atoms with Crippen molar-refractivity contribution in [1.82, 2.24) is 4.90 Å². The third-order valence-corrected chi connectivity index (χ3v) is 4.43. The van der Waals surface area contributed by atoms with Gasteiger partial charge in [-0.25, -0.2) is 0 Å². The van der Waals surface area contributed by atoms with Crippen LogP contribution in [0.1, 0.15) is 32.3 Å². The van der Waals surface area contributed by atoms with Crippen LogP contribution in [-0.4, -0.2) is 17.5 Å². The highest BCUT2D eigenvalue weighted by molar-refractivity contribution is 5.80. The Kier molecular flexibility index (Phi) is 3.27. The fraction of sp³-hybridized carbons (Fsp3) is 0.471. The van der Waals surface area contributed by atoms with E-state index in [4.69, 9.17) is 4.42 Å². The van der Waals surface area contributed by atoms with E-state index in [0.717, 1.165) is 36.9 Å². The number of benzene rings is 1. The molecule has 20 heavy (non-hydrogen) atoms. The van der Waals surface area contributed by atoms with E-state index in [1.54, 1.807) is 0 Å². The van der Waals surface area contributed by atoms with E-state index in [9.17, 15) is 5.26 Å². The third kappa shape index (κ3) is 2.21. The van der Waals surface area contributed by atoms with Crippen LogP contribution in [0, 0.1) is 16.7 Å². The molecule has 0 N–H and O–H groups in total. The summed E-state index contributed by atoms with van der Waals surface area (Å²) in [5.74, 6) is 0. The van der Waals surface area contributed by atoms with Gasteiger partial charge < -0.3 is 4.42 Å². The molecule has 3 nitrogen and oxygen atoms in total. The minimum Gasteiger partial charge on any atom is -0.464 e. The van der Waals surface area contributed by atoms with Crippen molar-refractivity contribution in [1.29, 1.82) is 5.26 Å². The lowest BCUT2D eigenvalue weighted by Crippen LogP contribution is -2.48. The maximum absolute atomic E-state index is 9.52. The van der Waals surface area contributed by atoms with Gasteiger partial charge in [-0.05, 0) is 30.9 Å². The molecule has 1 atom stereocenters. The number of nitrogens with zero attached hydrogens (tertiary/aromatic N) is 2. The van der Waals surface area contributed by atoms with E-state index in [2.05, 4.69) is 30.9 Å². The summed E-state index contributed by atoms with van der Waals surface area (Å²) in [6.45, 7) is 6.17. The summed E-state index contributed by atoms with van der Waals surface area (Å²) in [4.78, 5) is 2.29. The summed E-state index contributed by atoms with van der Waals surface area (Å²) in [6, 6.07) is 10.6. The van der Waals surface area contributed by atoms with Crippen LogP contribution in [0.15, 0.2) is 34.9 Å². The Labute approximate surface area is 119 Å². The highest BCUT2D eigenvalue weighted by Gasteiger charge is 2.37. The molecule has 1 aromatic heterocycles. The summed E-state index contributed by atoms with van der Waals surface area (Å²) in [5, 5.41) is 10.7. The van der Waals surface area contributed by atoms with E-state index in [1.165, 1.54) is 5.56 Å². The Balaban J connectivity index is 1.88. The monoisotopic (exact) mass is 268 g/mol. The summed E-state index contributed by atoms with van der Waals surface area (Å²) in [6.07, 6.45) is 4.11. The first-order valence-electron chi connectivity index (χ1n) is 7.20. The maximum Gasteiger partial charge on any atom is 0.134 e. The molecule has 1 aliphatic rings. The number of likely N-dealkylation sites (tertiary alicyclic amines) is 1. The standard InChI is InChI=1S/C17H20N2O/c1-17(2)8-5-9-19(16(17)10-18)11-13-12-20-15-7-4-3-6-14(13)15/h3-4,6-7,12,16H,5,8-9,11H2,1-2H3/t16-/m0/s1. The van der Waals surface area contributed by atoms with Crippen LogP contribution in [0.5, 0.6) is 0 Å². The number of fused-ring (bicyclic) bond motifs is 1. The van der Waals surface area contributed by atoms with Crippen LogP contribution >= 0.6 is 0 Å². The second-order valence-electron chi connectivity index (χ2n) is 6.35. The number of furan rings is 1. The zero-order valence-electron chi connectivity index (χ0n) is 12.1. The largest absolute Gasteiger partial charge is 0.464 e. The molecule has 104 valence electrons. The van der Waals surface area contributed by atoms with Gasteiger partial charge in [-0.2, -0.15) is 5.26 Å². The predicted octanol–water partition coefficient (Wildman–Crippen LogP) is 3.95.